The lowest BCUT2D eigenvalue weighted by atomic mass is 10.1. The average molecular weight is 432 g/mol. The minimum atomic E-state index is -3.61. The smallest absolute Gasteiger partial charge is 0.222 e. The van der Waals surface area contributed by atoms with Gasteiger partial charge in [0, 0.05) is 6.42 Å². The lowest BCUT2D eigenvalue weighted by Crippen LogP contribution is -2.29. The number of hydrogen-bond donors (Lipinski definition) is 1. The summed E-state index contributed by atoms with van der Waals surface area (Å²) < 4.78 is 40.6. The Labute approximate surface area is 176 Å². The Hall–Kier alpha value is -3.25. The summed E-state index contributed by atoms with van der Waals surface area (Å²) in [5.41, 5.74) is 1.36. The molecule has 0 aliphatic carbocycles. The molecule has 0 radical (unpaired) electrons. The molecule has 0 saturated heterocycles. The van der Waals surface area contributed by atoms with E-state index in [4.69, 9.17) is 14.2 Å². The van der Waals surface area contributed by atoms with Crippen molar-refractivity contribution < 1.29 is 27.4 Å². The molecule has 2 rings (SSSR count). The van der Waals surface area contributed by atoms with Crippen LogP contribution in [0.25, 0.3) is 0 Å². The van der Waals surface area contributed by atoms with Gasteiger partial charge in [0.25, 0.3) is 0 Å². The van der Waals surface area contributed by atoms with Gasteiger partial charge in [-0.2, -0.15) is 5.26 Å². The van der Waals surface area contributed by atoms with E-state index in [1.807, 2.05) is 13.0 Å². The monoisotopic (exact) mass is 432 g/mol. The first-order chi connectivity index (χ1) is 14.2. The van der Waals surface area contributed by atoms with Crippen molar-refractivity contribution in [2.45, 2.75) is 24.3 Å². The summed E-state index contributed by atoms with van der Waals surface area (Å²) in [5.74, 6) is 0.100. The predicted octanol–water partition coefficient (Wildman–Crippen LogP) is 2.57. The molecule has 2 aromatic rings. The first-order valence-corrected chi connectivity index (χ1v) is 10.7. The number of sulfone groups is 1. The highest BCUT2D eigenvalue weighted by Crippen LogP contribution is 2.39. The van der Waals surface area contributed by atoms with E-state index in [1.54, 1.807) is 24.3 Å². The highest BCUT2D eigenvalue weighted by atomic mass is 32.2. The van der Waals surface area contributed by atoms with E-state index in [0.29, 0.717) is 22.8 Å². The van der Waals surface area contributed by atoms with E-state index in [0.717, 1.165) is 5.56 Å². The molecule has 0 saturated carbocycles. The number of benzene rings is 2. The first-order valence-electron chi connectivity index (χ1n) is 9.04. The van der Waals surface area contributed by atoms with E-state index < -0.39 is 21.8 Å². The van der Waals surface area contributed by atoms with Crippen LogP contribution in [0.1, 0.15) is 23.6 Å². The van der Waals surface area contributed by atoms with Crippen molar-refractivity contribution in [1.82, 2.24) is 5.32 Å². The number of nitrogens with zero attached hydrogens (tertiary/aromatic N) is 1. The molecule has 0 aliphatic heterocycles. The van der Waals surface area contributed by atoms with Crippen LogP contribution in [-0.2, 0) is 14.6 Å². The lowest BCUT2D eigenvalue weighted by Gasteiger charge is -2.17. The molecule has 0 aliphatic rings. The number of rotatable bonds is 9. The zero-order chi connectivity index (χ0) is 22.3. The number of carbonyl (C=O) groups is 1. The van der Waals surface area contributed by atoms with E-state index >= 15 is 0 Å². The Morgan fingerprint density at radius 2 is 1.63 bits per heavy atom. The van der Waals surface area contributed by atoms with Crippen molar-refractivity contribution in [3.63, 3.8) is 0 Å². The molecule has 1 unspecified atom stereocenters. The van der Waals surface area contributed by atoms with Crippen LogP contribution in [-0.4, -0.2) is 41.4 Å². The van der Waals surface area contributed by atoms with Gasteiger partial charge in [-0.3, -0.25) is 4.79 Å². The standard InChI is InChI=1S/C21H24N2O6S/c1-14-5-7-16(8-6-14)30(25,26)10-9-20(24)23-17(13-22)15-11-18(27-2)21(29-4)19(12-15)28-3/h5-8,11-12,17H,9-10H2,1-4H3,(H,23,24). The van der Waals surface area contributed by atoms with Crippen molar-refractivity contribution in [2.24, 2.45) is 0 Å². The molecular formula is C21H24N2O6S. The van der Waals surface area contributed by atoms with Gasteiger partial charge in [0.1, 0.15) is 6.04 Å². The highest BCUT2D eigenvalue weighted by Gasteiger charge is 2.22. The van der Waals surface area contributed by atoms with Gasteiger partial charge in [0.2, 0.25) is 11.7 Å². The molecule has 0 spiro atoms. The zero-order valence-electron chi connectivity index (χ0n) is 17.3. The molecule has 1 N–H and O–H groups in total. The molecule has 30 heavy (non-hydrogen) atoms. The third kappa shape index (κ3) is 5.42. The summed E-state index contributed by atoms with van der Waals surface area (Å²) in [6.45, 7) is 1.86. The number of nitriles is 1. The van der Waals surface area contributed by atoms with Gasteiger partial charge >= 0.3 is 0 Å². The van der Waals surface area contributed by atoms with Crippen LogP contribution in [0.15, 0.2) is 41.3 Å². The van der Waals surface area contributed by atoms with Gasteiger partial charge in [-0.1, -0.05) is 17.7 Å². The molecule has 0 fully saturated rings. The van der Waals surface area contributed by atoms with Gasteiger partial charge in [-0.15, -0.1) is 0 Å². The summed E-state index contributed by atoms with van der Waals surface area (Å²) >= 11 is 0. The first kappa shape index (κ1) is 23.0. The van der Waals surface area contributed by atoms with Crippen molar-refractivity contribution in [2.75, 3.05) is 27.1 Å². The normalized spacial score (nSPS) is 11.8. The van der Waals surface area contributed by atoms with E-state index in [1.165, 1.54) is 33.5 Å². The fourth-order valence-electron chi connectivity index (χ4n) is 2.78. The quantitative estimate of drug-likeness (QED) is 0.647. The molecule has 1 atom stereocenters. The van der Waals surface area contributed by atoms with Gasteiger partial charge in [0.15, 0.2) is 21.3 Å². The van der Waals surface area contributed by atoms with Gasteiger partial charge in [-0.25, -0.2) is 8.42 Å². The van der Waals surface area contributed by atoms with Gasteiger partial charge in [-0.05, 0) is 36.8 Å². The largest absolute Gasteiger partial charge is 0.493 e. The third-order valence-electron chi connectivity index (χ3n) is 4.43. The van der Waals surface area contributed by atoms with Crippen LogP contribution >= 0.6 is 0 Å². The summed E-state index contributed by atoms with van der Waals surface area (Å²) in [7, 11) is 0.729. The molecule has 0 aromatic heterocycles. The second-order valence-corrected chi connectivity index (χ2v) is 8.58. The molecular weight excluding hydrogens is 408 g/mol. The predicted molar refractivity (Wildman–Crippen MR) is 110 cm³/mol. The highest BCUT2D eigenvalue weighted by molar-refractivity contribution is 7.91. The van der Waals surface area contributed by atoms with E-state index in [2.05, 4.69) is 5.32 Å². The number of methoxy groups -OCH3 is 3. The minimum Gasteiger partial charge on any atom is -0.493 e. The number of hydrogen-bond acceptors (Lipinski definition) is 7. The molecule has 2 aromatic carbocycles. The van der Waals surface area contributed by atoms with Crippen LogP contribution in [0.5, 0.6) is 17.2 Å². The fraction of sp³-hybridized carbons (Fsp3) is 0.333. The number of carbonyl (C=O) groups excluding carboxylic acids is 1. The number of aryl methyl sites for hydroxylation is 1. The fourth-order valence-corrected chi connectivity index (χ4v) is 4.02. The molecule has 9 heteroatoms. The van der Waals surface area contributed by atoms with Crippen LogP contribution in [0, 0.1) is 18.3 Å². The molecule has 1 amide bonds. The van der Waals surface area contributed by atoms with Gasteiger partial charge in [0.05, 0.1) is 38.0 Å². The second-order valence-electron chi connectivity index (χ2n) is 6.47. The van der Waals surface area contributed by atoms with Crippen molar-refractivity contribution in [3.8, 4) is 23.3 Å². The Balaban J connectivity index is 2.13. The average Bonchev–Trinajstić information content (AvgIpc) is 2.75. The Morgan fingerprint density at radius 3 is 2.10 bits per heavy atom. The van der Waals surface area contributed by atoms with Crippen LogP contribution < -0.4 is 19.5 Å². The summed E-state index contributed by atoms with van der Waals surface area (Å²) in [4.78, 5) is 12.5. The molecule has 160 valence electrons. The molecule has 8 nitrogen and oxygen atoms in total. The van der Waals surface area contributed by atoms with Crippen molar-refractivity contribution in [3.05, 3.63) is 47.5 Å². The second kappa shape index (κ2) is 9.98. The maximum Gasteiger partial charge on any atom is 0.222 e. The Kier molecular flexibility index (Phi) is 7.66. The van der Waals surface area contributed by atoms with E-state index in [9.17, 15) is 18.5 Å². The maximum absolute atomic E-state index is 12.4. The number of nitrogens with one attached hydrogen (secondary N) is 1. The lowest BCUT2D eigenvalue weighted by molar-refractivity contribution is -0.121. The summed E-state index contributed by atoms with van der Waals surface area (Å²) in [6, 6.07) is 10.5. The maximum atomic E-state index is 12.4. The Morgan fingerprint density at radius 1 is 1.07 bits per heavy atom. The molecule has 0 heterocycles. The SMILES string of the molecule is COc1cc(C(C#N)NC(=O)CCS(=O)(=O)c2ccc(C)cc2)cc(OC)c1OC. The number of amides is 1. The van der Waals surface area contributed by atoms with Crippen LogP contribution in [0.4, 0.5) is 0 Å². The number of ether oxygens (including phenoxy) is 3. The van der Waals surface area contributed by atoms with Crippen LogP contribution in [0.2, 0.25) is 0 Å². The summed E-state index contributed by atoms with van der Waals surface area (Å²) in [6.07, 6.45) is -0.279. The molecule has 0 bridgehead atoms. The minimum absolute atomic E-state index is 0.155. The Bertz CT molecular complexity index is 1020. The van der Waals surface area contributed by atoms with Crippen molar-refractivity contribution in [1.29, 1.82) is 5.26 Å². The third-order valence-corrected chi connectivity index (χ3v) is 6.16. The van der Waals surface area contributed by atoms with Crippen LogP contribution in [0.3, 0.4) is 0 Å². The summed E-state index contributed by atoms with van der Waals surface area (Å²) in [5, 5.41) is 12.1. The van der Waals surface area contributed by atoms with Crippen molar-refractivity contribution >= 4 is 15.7 Å². The zero-order valence-corrected chi connectivity index (χ0v) is 18.1. The topological polar surface area (TPSA) is 115 Å². The van der Waals surface area contributed by atoms with Gasteiger partial charge < -0.3 is 19.5 Å². The van der Waals surface area contributed by atoms with E-state index in [-0.39, 0.29) is 17.1 Å².